The van der Waals surface area contributed by atoms with Crippen molar-refractivity contribution in [1.82, 2.24) is 0 Å². The summed E-state index contributed by atoms with van der Waals surface area (Å²) in [6, 6.07) is 33.5. The van der Waals surface area contributed by atoms with E-state index in [2.05, 4.69) is 10.6 Å². The summed E-state index contributed by atoms with van der Waals surface area (Å²) < 4.78 is 5.16. The first-order chi connectivity index (χ1) is 16.6. The lowest BCUT2D eigenvalue weighted by molar-refractivity contribution is -0.115. The highest BCUT2D eigenvalue weighted by atomic mass is 32.2. The van der Waals surface area contributed by atoms with Gasteiger partial charge in [0.25, 0.3) is 5.91 Å². The van der Waals surface area contributed by atoms with Crippen molar-refractivity contribution in [2.75, 3.05) is 17.7 Å². The molecule has 0 radical (unpaired) electrons. The standard InChI is InChI=1S/C28H24N2O3S/c1-33-22-18-16-21(17-19-22)29-27(31)24-14-8-9-15-25(24)30-28(32)26(20-10-4-2-5-11-20)34-23-12-6-3-7-13-23/h2-19,26H,1H3,(H,29,31)(H,30,32)/t26-/m0/s1. The van der Waals surface area contributed by atoms with Crippen molar-refractivity contribution in [1.29, 1.82) is 0 Å². The summed E-state index contributed by atoms with van der Waals surface area (Å²) in [6.45, 7) is 0. The van der Waals surface area contributed by atoms with Gasteiger partial charge in [0, 0.05) is 10.6 Å². The number of hydrogen-bond donors (Lipinski definition) is 2. The van der Waals surface area contributed by atoms with Crippen LogP contribution < -0.4 is 15.4 Å². The van der Waals surface area contributed by atoms with E-state index in [4.69, 9.17) is 4.74 Å². The molecule has 4 rings (SSSR count). The maximum atomic E-state index is 13.4. The van der Waals surface area contributed by atoms with Gasteiger partial charge in [0.1, 0.15) is 11.0 Å². The molecule has 5 nitrogen and oxygen atoms in total. The summed E-state index contributed by atoms with van der Waals surface area (Å²) >= 11 is 1.47. The van der Waals surface area contributed by atoms with E-state index in [1.54, 1.807) is 55.6 Å². The zero-order chi connectivity index (χ0) is 23.8. The number of ether oxygens (including phenoxy) is 1. The summed E-state index contributed by atoms with van der Waals surface area (Å²) in [5.41, 5.74) is 2.35. The molecule has 0 saturated heterocycles. The molecule has 0 bridgehead atoms. The lowest BCUT2D eigenvalue weighted by atomic mass is 10.1. The van der Waals surface area contributed by atoms with Gasteiger partial charge in [0.05, 0.1) is 18.4 Å². The number of benzene rings is 4. The Morgan fingerprint density at radius 1 is 0.735 bits per heavy atom. The molecule has 0 heterocycles. The molecule has 0 aliphatic heterocycles. The minimum atomic E-state index is -0.485. The molecule has 0 spiro atoms. The quantitative estimate of drug-likeness (QED) is 0.293. The van der Waals surface area contributed by atoms with Crippen molar-refractivity contribution in [3.63, 3.8) is 0 Å². The molecule has 4 aromatic carbocycles. The van der Waals surface area contributed by atoms with Crippen molar-refractivity contribution in [3.05, 3.63) is 120 Å². The third-order valence-corrected chi connectivity index (χ3v) is 6.38. The largest absolute Gasteiger partial charge is 0.497 e. The third kappa shape index (κ3) is 5.85. The number of anilines is 2. The lowest BCUT2D eigenvalue weighted by Crippen LogP contribution is -2.22. The van der Waals surface area contributed by atoms with E-state index in [1.807, 2.05) is 60.7 Å². The Hall–Kier alpha value is -4.03. The molecule has 0 aliphatic rings. The van der Waals surface area contributed by atoms with E-state index in [0.29, 0.717) is 22.7 Å². The normalized spacial score (nSPS) is 11.3. The van der Waals surface area contributed by atoms with Crippen LogP contribution in [0.25, 0.3) is 0 Å². The maximum absolute atomic E-state index is 13.4. The molecule has 0 fully saturated rings. The van der Waals surface area contributed by atoms with Crippen LogP contribution >= 0.6 is 11.8 Å². The second-order valence-electron chi connectivity index (χ2n) is 7.44. The molecule has 1 atom stereocenters. The average molecular weight is 469 g/mol. The second-order valence-corrected chi connectivity index (χ2v) is 8.62. The van der Waals surface area contributed by atoms with Crippen LogP contribution in [0.3, 0.4) is 0 Å². The van der Waals surface area contributed by atoms with Crippen molar-refractivity contribution < 1.29 is 14.3 Å². The zero-order valence-electron chi connectivity index (χ0n) is 18.6. The SMILES string of the molecule is COc1ccc(NC(=O)c2ccccc2NC(=O)[C@@H](Sc2ccccc2)c2ccccc2)cc1. The first kappa shape index (κ1) is 23.1. The van der Waals surface area contributed by atoms with Crippen molar-refractivity contribution in [3.8, 4) is 5.75 Å². The minimum Gasteiger partial charge on any atom is -0.497 e. The number of nitrogens with one attached hydrogen (secondary N) is 2. The van der Waals surface area contributed by atoms with Gasteiger partial charge in [-0.05, 0) is 54.1 Å². The Morgan fingerprint density at radius 2 is 1.35 bits per heavy atom. The van der Waals surface area contributed by atoms with Crippen LogP contribution in [0.5, 0.6) is 5.75 Å². The van der Waals surface area contributed by atoms with Crippen LogP contribution in [0, 0.1) is 0 Å². The summed E-state index contributed by atoms with van der Waals surface area (Å²) in [7, 11) is 1.59. The van der Waals surface area contributed by atoms with Crippen molar-refractivity contribution in [2.45, 2.75) is 10.1 Å². The summed E-state index contributed by atoms with van der Waals surface area (Å²) in [5, 5.41) is 5.36. The Labute approximate surface area is 203 Å². The molecule has 170 valence electrons. The van der Waals surface area contributed by atoms with Crippen molar-refractivity contribution >= 4 is 35.0 Å². The molecule has 0 saturated carbocycles. The van der Waals surface area contributed by atoms with E-state index >= 15 is 0 Å². The molecular weight excluding hydrogens is 444 g/mol. The highest BCUT2D eigenvalue weighted by molar-refractivity contribution is 8.00. The molecule has 4 aromatic rings. The van der Waals surface area contributed by atoms with E-state index in [9.17, 15) is 9.59 Å². The fourth-order valence-corrected chi connectivity index (χ4v) is 4.44. The molecule has 0 unspecified atom stereocenters. The van der Waals surface area contributed by atoms with Gasteiger partial charge in [-0.1, -0.05) is 60.7 Å². The number of hydrogen-bond acceptors (Lipinski definition) is 4. The van der Waals surface area contributed by atoms with E-state index in [0.717, 1.165) is 10.5 Å². The number of amides is 2. The number of carbonyl (C=O) groups excluding carboxylic acids is 2. The Kier molecular flexibility index (Phi) is 7.63. The molecular formula is C28H24N2O3S. The van der Waals surface area contributed by atoms with Gasteiger partial charge in [-0.3, -0.25) is 9.59 Å². The average Bonchev–Trinajstić information content (AvgIpc) is 2.89. The van der Waals surface area contributed by atoms with Crippen LogP contribution in [0.4, 0.5) is 11.4 Å². The first-order valence-electron chi connectivity index (χ1n) is 10.8. The second kappa shape index (κ2) is 11.2. The first-order valence-corrected chi connectivity index (χ1v) is 11.6. The minimum absolute atomic E-state index is 0.204. The van der Waals surface area contributed by atoms with Gasteiger partial charge >= 0.3 is 0 Å². The van der Waals surface area contributed by atoms with Crippen molar-refractivity contribution in [2.24, 2.45) is 0 Å². The molecule has 0 aliphatic carbocycles. The van der Waals surface area contributed by atoms with Crippen LogP contribution in [-0.2, 0) is 4.79 Å². The number of methoxy groups -OCH3 is 1. The molecule has 6 heteroatoms. The number of rotatable bonds is 8. The Balaban J connectivity index is 1.55. The molecule has 2 amide bonds. The highest BCUT2D eigenvalue weighted by Gasteiger charge is 2.23. The van der Waals surface area contributed by atoms with Crippen LogP contribution in [0.15, 0.2) is 114 Å². The fourth-order valence-electron chi connectivity index (χ4n) is 3.40. The van der Waals surface area contributed by atoms with Gasteiger partial charge in [0.2, 0.25) is 5.91 Å². The van der Waals surface area contributed by atoms with Gasteiger partial charge in [0.15, 0.2) is 0 Å². The summed E-state index contributed by atoms with van der Waals surface area (Å²) in [4.78, 5) is 27.4. The lowest BCUT2D eigenvalue weighted by Gasteiger charge is -2.18. The van der Waals surface area contributed by atoms with E-state index in [-0.39, 0.29) is 11.8 Å². The van der Waals surface area contributed by atoms with Gasteiger partial charge < -0.3 is 15.4 Å². The number of thioether (sulfide) groups is 1. The maximum Gasteiger partial charge on any atom is 0.257 e. The molecule has 0 aromatic heterocycles. The Morgan fingerprint density at radius 3 is 2.03 bits per heavy atom. The van der Waals surface area contributed by atoms with Gasteiger partial charge in [-0.2, -0.15) is 0 Å². The molecule has 2 N–H and O–H groups in total. The summed E-state index contributed by atoms with van der Waals surface area (Å²) in [6.07, 6.45) is 0. The van der Waals surface area contributed by atoms with Crippen LogP contribution in [0.1, 0.15) is 21.2 Å². The zero-order valence-corrected chi connectivity index (χ0v) is 19.4. The van der Waals surface area contributed by atoms with E-state index < -0.39 is 5.25 Å². The fraction of sp³-hybridized carbons (Fsp3) is 0.0714. The monoisotopic (exact) mass is 468 g/mol. The predicted molar refractivity (Wildman–Crippen MR) is 138 cm³/mol. The number of carbonyl (C=O) groups is 2. The highest BCUT2D eigenvalue weighted by Crippen LogP contribution is 2.36. The van der Waals surface area contributed by atoms with Crippen LogP contribution in [-0.4, -0.2) is 18.9 Å². The van der Waals surface area contributed by atoms with Gasteiger partial charge in [-0.25, -0.2) is 0 Å². The third-order valence-electron chi connectivity index (χ3n) is 5.12. The smallest absolute Gasteiger partial charge is 0.257 e. The number of para-hydroxylation sites is 1. The van der Waals surface area contributed by atoms with E-state index in [1.165, 1.54) is 11.8 Å². The predicted octanol–water partition coefficient (Wildman–Crippen LogP) is 6.42. The Bertz CT molecular complexity index is 1250. The topological polar surface area (TPSA) is 67.4 Å². The van der Waals surface area contributed by atoms with Crippen LogP contribution in [0.2, 0.25) is 0 Å². The molecule has 34 heavy (non-hydrogen) atoms. The summed E-state index contributed by atoms with van der Waals surface area (Å²) in [5.74, 6) is 0.186. The van der Waals surface area contributed by atoms with Gasteiger partial charge in [-0.15, -0.1) is 11.8 Å².